The van der Waals surface area contributed by atoms with Gasteiger partial charge in [-0.1, -0.05) is 6.07 Å². The smallest absolute Gasteiger partial charge is 0.102 e. The van der Waals surface area contributed by atoms with Crippen molar-refractivity contribution in [3.63, 3.8) is 0 Å². The van der Waals surface area contributed by atoms with Gasteiger partial charge in [-0.15, -0.1) is 11.3 Å². The zero-order valence-electron chi connectivity index (χ0n) is 7.98. The molecule has 0 aliphatic rings. The van der Waals surface area contributed by atoms with Gasteiger partial charge in [-0.25, -0.2) is 4.39 Å². The molecule has 15 heavy (non-hydrogen) atoms. The summed E-state index contributed by atoms with van der Waals surface area (Å²) in [7, 11) is 0. The van der Waals surface area contributed by atoms with E-state index in [0.29, 0.717) is 0 Å². The number of rotatable bonds is 2. The van der Waals surface area contributed by atoms with Crippen LogP contribution in [0.2, 0.25) is 0 Å². The molecule has 0 saturated heterocycles. The van der Waals surface area contributed by atoms with Gasteiger partial charge in [-0.3, -0.25) is 4.98 Å². The third kappa shape index (κ3) is 2.50. The van der Waals surface area contributed by atoms with Crippen LogP contribution in [0.25, 0.3) is 17.2 Å². The molecule has 0 bridgehead atoms. The second-order valence-corrected chi connectivity index (χ2v) is 4.01. The van der Waals surface area contributed by atoms with Crippen LogP contribution in [0.3, 0.4) is 0 Å². The van der Waals surface area contributed by atoms with Crippen molar-refractivity contribution in [2.24, 2.45) is 0 Å². The van der Waals surface area contributed by atoms with Gasteiger partial charge >= 0.3 is 0 Å². The van der Waals surface area contributed by atoms with Crippen LogP contribution in [0, 0.1) is 6.92 Å². The minimum absolute atomic E-state index is 0.422. The largest absolute Gasteiger partial charge is 0.264 e. The van der Waals surface area contributed by atoms with Gasteiger partial charge < -0.3 is 0 Å². The first-order valence-corrected chi connectivity index (χ1v) is 5.32. The highest BCUT2D eigenvalue weighted by molar-refractivity contribution is 7.11. The van der Waals surface area contributed by atoms with Crippen LogP contribution in [0.4, 0.5) is 4.39 Å². The van der Waals surface area contributed by atoms with Crippen molar-refractivity contribution < 1.29 is 4.39 Å². The zero-order chi connectivity index (χ0) is 10.7. The minimum Gasteiger partial charge on any atom is -0.264 e. The Labute approximate surface area is 91.9 Å². The van der Waals surface area contributed by atoms with E-state index in [1.807, 2.05) is 23.6 Å². The highest BCUT2D eigenvalue weighted by atomic mass is 32.1. The molecule has 0 N–H and O–H groups in total. The fraction of sp³-hybridized carbons (Fsp3) is 0. The standard InChI is InChI=1S/C12H9FNS/c1-9(13)5-12-6-11(8-15-12)10-3-2-4-14-7-10/h2-8H,1H2/b9-5+. The third-order valence-corrected chi connectivity index (χ3v) is 2.79. The summed E-state index contributed by atoms with van der Waals surface area (Å²) in [5.41, 5.74) is 2.10. The molecule has 0 atom stereocenters. The van der Waals surface area contributed by atoms with Crippen LogP contribution in [-0.4, -0.2) is 4.98 Å². The first-order chi connectivity index (χ1) is 7.25. The molecule has 1 radical (unpaired) electrons. The lowest BCUT2D eigenvalue weighted by Gasteiger charge is -1.93. The summed E-state index contributed by atoms with van der Waals surface area (Å²) in [6.45, 7) is 3.20. The van der Waals surface area contributed by atoms with Gasteiger partial charge in [0.15, 0.2) is 0 Å². The van der Waals surface area contributed by atoms with Crippen molar-refractivity contribution >= 4 is 17.4 Å². The molecule has 0 fully saturated rings. The third-order valence-electron chi connectivity index (χ3n) is 1.91. The molecule has 2 rings (SSSR count). The van der Waals surface area contributed by atoms with E-state index in [0.717, 1.165) is 16.0 Å². The topological polar surface area (TPSA) is 12.9 Å². The molecular formula is C12H9FNS. The van der Waals surface area contributed by atoms with Gasteiger partial charge in [-0.2, -0.15) is 0 Å². The average Bonchev–Trinajstić information content (AvgIpc) is 2.67. The second-order valence-electron chi connectivity index (χ2n) is 3.07. The second kappa shape index (κ2) is 4.36. The van der Waals surface area contributed by atoms with E-state index in [4.69, 9.17) is 0 Å². The number of hydrogen-bond donors (Lipinski definition) is 0. The number of halogens is 1. The maximum Gasteiger partial charge on any atom is 0.102 e. The molecule has 2 aromatic heterocycles. The van der Waals surface area contributed by atoms with Crippen molar-refractivity contribution in [3.8, 4) is 11.1 Å². The summed E-state index contributed by atoms with van der Waals surface area (Å²) < 4.78 is 12.5. The Morgan fingerprint density at radius 3 is 3.00 bits per heavy atom. The first-order valence-electron chi connectivity index (χ1n) is 4.44. The Morgan fingerprint density at radius 2 is 2.33 bits per heavy atom. The Balaban J connectivity index is 2.32. The Hall–Kier alpha value is -1.48. The lowest BCUT2D eigenvalue weighted by molar-refractivity contribution is 0.673. The van der Waals surface area contributed by atoms with Crippen LogP contribution < -0.4 is 0 Å². The summed E-state index contributed by atoms with van der Waals surface area (Å²) in [5.74, 6) is -0.422. The van der Waals surface area contributed by atoms with E-state index >= 15 is 0 Å². The van der Waals surface area contributed by atoms with Crippen molar-refractivity contribution in [1.82, 2.24) is 4.98 Å². The van der Waals surface area contributed by atoms with Gasteiger partial charge in [0.2, 0.25) is 0 Å². The first kappa shape index (κ1) is 10.1. The summed E-state index contributed by atoms with van der Waals surface area (Å²) in [6.07, 6.45) is 4.94. The average molecular weight is 218 g/mol. The van der Waals surface area contributed by atoms with Crippen molar-refractivity contribution in [2.75, 3.05) is 0 Å². The summed E-state index contributed by atoms with van der Waals surface area (Å²) in [5, 5.41) is 1.98. The highest BCUT2D eigenvalue weighted by Crippen LogP contribution is 2.26. The number of pyridine rings is 1. The molecule has 0 unspecified atom stereocenters. The van der Waals surface area contributed by atoms with Gasteiger partial charge in [0.1, 0.15) is 5.83 Å². The molecule has 0 spiro atoms. The fourth-order valence-electron chi connectivity index (χ4n) is 1.27. The predicted octanol–water partition coefficient (Wildman–Crippen LogP) is 3.95. The molecule has 0 aliphatic heterocycles. The van der Waals surface area contributed by atoms with Crippen LogP contribution in [0.1, 0.15) is 4.88 Å². The lowest BCUT2D eigenvalue weighted by Crippen LogP contribution is -1.74. The fourth-order valence-corrected chi connectivity index (χ4v) is 2.13. The molecule has 75 valence electrons. The van der Waals surface area contributed by atoms with E-state index in [-0.39, 0.29) is 0 Å². The molecule has 1 nitrogen and oxygen atoms in total. The van der Waals surface area contributed by atoms with Crippen molar-refractivity contribution in [2.45, 2.75) is 0 Å². The molecule has 0 amide bonds. The SMILES string of the molecule is [CH2]/C(F)=C\c1cc(-c2cccnc2)cs1. The van der Waals surface area contributed by atoms with Gasteiger partial charge in [0.25, 0.3) is 0 Å². The van der Waals surface area contributed by atoms with Crippen molar-refractivity contribution in [3.05, 3.63) is 53.6 Å². The molecule has 2 aromatic rings. The van der Waals surface area contributed by atoms with Crippen LogP contribution in [-0.2, 0) is 0 Å². The van der Waals surface area contributed by atoms with Crippen molar-refractivity contribution in [1.29, 1.82) is 0 Å². The zero-order valence-corrected chi connectivity index (χ0v) is 8.80. The maximum atomic E-state index is 12.5. The number of thiophene rings is 1. The van der Waals surface area contributed by atoms with Crippen LogP contribution in [0.5, 0.6) is 0 Å². The maximum absolute atomic E-state index is 12.5. The number of hydrogen-bond acceptors (Lipinski definition) is 2. The number of aromatic nitrogens is 1. The predicted molar refractivity (Wildman–Crippen MR) is 62.0 cm³/mol. The summed E-state index contributed by atoms with van der Waals surface area (Å²) in [4.78, 5) is 4.90. The number of nitrogens with zero attached hydrogens (tertiary/aromatic N) is 1. The molecule has 0 aromatic carbocycles. The quantitative estimate of drug-likeness (QED) is 0.743. The molecule has 3 heteroatoms. The van der Waals surface area contributed by atoms with Crippen LogP contribution in [0.15, 0.2) is 41.8 Å². The molecule has 2 heterocycles. The summed E-state index contributed by atoms with van der Waals surface area (Å²) >= 11 is 1.49. The normalized spacial score (nSPS) is 11.7. The Kier molecular flexibility index (Phi) is 2.92. The van der Waals surface area contributed by atoms with Gasteiger partial charge in [0.05, 0.1) is 0 Å². The molecule has 0 saturated carbocycles. The van der Waals surface area contributed by atoms with Crippen LogP contribution >= 0.6 is 11.3 Å². The monoisotopic (exact) mass is 218 g/mol. The van der Waals surface area contributed by atoms with E-state index in [9.17, 15) is 4.39 Å². The Bertz CT molecular complexity index is 469. The molecule has 0 aliphatic carbocycles. The van der Waals surface area contributed by atoms with E-state index in [1.165, 1.54) is 17.4 Å². The van der Waals surface area contributed by atoms with E-state index in [1.54, 1.807) is 12.4 Å². The van der Waals surface area contributed by atoms with Gasteiger partial charge in [-0.05, 0) is 29.2 Å². The van der Waals surface area contributed by atoms with E-state index in [2.05, 4.69) is 11.9 Å². The number of allylic oxidation sites excluding steroid dienone is 1. The minimum atomic E-state index is -0.422. The molecular weight excluding hydrogens is 209 g/mol. The Morgan fingerprint density at radius 1 is 1.47 bits per heavy atom. The van der Waals surface area contributed by atoms with E-state index < -0.39 is 5.83 Å². The lowest BCUT2D eigenvalue weighted by atomic mass is 10.1. The van der Waals surface area contributed by atoms with Gasteiger partial charge in [0, 0.05) is 29.8 Å². The summed E-state index contributed by atoms with van der Waals surface area (Å²) in [6, 6.07) is 5.78. The highest BCUT2D eigenvalue weighted by Gasteiger charge is 2.00.